The molecule has 2 unspecified atom stereocenters. The fraction of sp³-hybridized carbons (Fsp3) is 0.875. The Balaban J connectivity index is 1.96. The molecule has 1 saturated carbocycles. The monoisotopic (exact) mass is 235 g/mol. The Morgan fingerprint density at radius 3 is 2.71 bits per heavy atom. The van der Waals surface area contributed by atoms with E-state index in [1.165, 1.54) is 64.3 Å². The van der Waals surface area contributed by atoms with Crippen LogP contribution in [0.15, 0.2) is 11.1 Å². The lowest BCUT2D eigenvalue weighted by Gasteiger charge is -2.29. The molecule has 1 aliphatic carbocycles. The normalized spacial score (nSPS) is 33.5. The average molecular weight is 235 g/mol. The molecule has 0 aromatic rings. The third kappa shape index (κ3) is 3.58. The van der Waals surface area contributed by atoms with Gasteiger partial charge in [0, 0.05) is 6.04 Å². The molecule has 1 saturated heterocycles. The molecule has 2 rings (SSSR count). The molecule has 1 heteroatoms. The summed E-state index contributed by atoms with van der Waals surface area (Å²) < 4.78 is 0. The predicted molar refractivity (Wildman–Crippen MR) is 75.2 cm³/mol. The number of allylic oxidation sites excluding steroid dienone is 1. The van der Waals surface area contributed by atoms with Crippen molar-refractivity contribution >= 4 is 0 Å². The lowest BCUT2D eigenvalue weighted by Crippen LogP contribution is -2.34. The van der Waals surface area contributed by atoms with Crippen LogP contribution in [0.5, 0.6) is 0 Å². The van der Waals surface area contributed by atoms with Crippen molar-refractivity contribution in [2.75, 3.05) is 6.54 Å². The Morgan fingerprint density at radius 1 is 1.18 bits per heavy atom. The van der Waals surface area contributed by atoms with Crippen LogP contribution in [0.2, 0.25) is 0 Å². The molecular weight excluding hydrogens is 206 g/mol. The maximum Gasteiger partial charge on any atom is 0.0104 e. The molecule has 0 spiro atoms. The van der Waals surface area contributed by atoms with E-state index in [-0.39, 0.29) is 0 Å². The average Bonchev–Trinajstić information content (AvgIpc) is 2.40. The summed E-state index contributed by atoms with van der Waals surface area (Å²) in [4.78, 5) is 0. The summed E-state index contributed by atoms with van der Waals surface area (Å²) in [6.07, 6.45) is 12.6. The predicted octanol–water partition coefficient (Wildman–Crippen LogP) is 4.44. The van der Waals surface area contributed by atoms with Gasteiger partial charge in [0.1, 0.15) is 0 Å². The van der Waals surface area contributed by atoms with Crippen LogP contribution in [0.3, 0.4) is 0 Å². The van der Waals surface area contributed by atoms with Crippen LogP contribution in [0.1, 0.15) is 71.6 Å². The molecule has 17 heavy (non-hydrogen) atoms. The molecule has 0 amide bonds. The molecule has 0 radical (unpaired) electrons. The van der Waals surface area contributed by atoms with Crippen molar-refractivity contribution in [3.05, 3.63) is 11.1 Å². The Bertz CT molecular complexity index is 261. The zero-order chi connectivity index (χ0) is 12.1. The van der Waals surface area contributed by atoms with Gasteiger partial charge >= 0.3 is 0 Å². The zero-order valence-electron chi connectivity index (χ0n) is 11.7. The second kappa shape index (κ2) is 6.58. The van der Waals surface area contributed by atoms with Gasteiger partial charge in [-0.3, -0.25) is 0 Å². The van der Waals surface area contributed by atoms with Crippen LogP contribution in [0.4, 0.5) is 0 Å². The van der Waals surface area contributed by atoms with Crippen LogP contribution >= 0.6 is 0 Å². The van der Waals surface area contributed by atoms with Crippen molar-refractivity contribution in [3.63, 3.8) is 0 Å². The first-order valence-electron chi connectivity index (χ1n) is 7.73. The van der Waals surface area contributed by atoms with Gasteiger partial charge in [0.2, 0.25) is 0 Å². The second-order valence-corrected chi connectivity index (χ2v) is 6.01. The first-order chi connectivity index (χ1) is 8.31. The molecular formula is C16H29N. The van der Waals surface area contributed by atoms with Gasteiger partial charge in [-0.1, -0.05) is 30.9 Å². The standard InChI is InChI=1S/C16H29N/c1-3-14-8-4-5-10-16(14)13(2)12-15-9-6-7-11-17-15/h14-15,17H,3-12H2,1-2H3. The van der Waals surface area contributed by atoms with Gasteiger partial charge in [-0.15, -0.1) is 0 Å². The van der Waals surface area contributed by atoms with E-state index in [2.05, 4.69) is 19.2 Å². The van der Waals surface area contributed by atoms with Crippen molar-refractivity contribution in [2.24, 2.45) is 5.92 Å². The summed E-state index contributed by atoms with van der Waals surface area (Å²) in [7, 11) is 0. The first-order valence-corrected chi connectivity index (χ1v) is 7.73. The highest BCUT2D eigenvalue weighted by Crippen LogP contribution is 2.35. The van der Waals surface area contributed by atoms with Crippen LogP contribution in [-0.4, -0.2) is 12.6 Å². The van der Waals surface area contributed by atoms with Crippen molar-refractivity contribution in [2.45, 2.75) is 77.7 Å². The Labute approximate surface area is 107 Å². The summed E-state index contributed by atoms with van der Waals surface area (Å²) in [5, 5.41) is 3.69. The van der Waals surface area contributed by atoms with E-state index in [1.54, 1.807) is 5.57 Å². The van der Waals surface area contributed by atoms with E-state index in [1.807, 2.05) is 5.57 Å². The van der Waals surface area contributed by atoms with E-state index in [0.29, 0.717) is 0 Å². The maximum atomic E-state index is 3.69. The number of hydrogen-bond donors (Lipinski definition) is 1. The molecule has 98 valence electrons. The van der Waals surface area contributed by atoms with E-state index >= 15 is 0 Å². The minimum atomic E-state index is 0.774. The van der Waals surface area contributed by atoms with Gasteiger partial charge < -0.3 is 5.32 Å². The molecule has 2 fully saturated rings. The lowest BCUT2D eigenvalue weighted by atomic mass is 9.79. The molecule has 1 N–H and O–H groups in total. The Morgan fingerprint density at radius 2 is 2.00 bits per heavy atom. The van der Waals surface area contributed by atoms with Crippen LogP contribution in [0, 0.1) is 5.92 Å². The highest BCUT2D eigenvalue weighted by molar-refractivity contribution is 5.18. The number of hydrogen-bond acceptors (Lipinski definition) is 1. The van der Waals surface area contributed by atoms with Gasteiger partial charge in [-0.25, -0.2) is 0 Å². The van der Waals surface area contributed by atoms with Crippen molar-refractivity contribution in [1.29, 1.82) is 0 Å². The third-order valence-corrected chi connectivity index (χ3v) is 4.75. The van der Waals surface area contributed by atoms with Crippen molar-refractivity contribution in [3.8, 4) is 0 Å². The van der Waals surface area contributed by atoms with Crippen molar-refractivity contribution < 1.29 is 0 Å². The molecule has 0 aromatic heterocycles. The highest BCUT2D eigenvalue weighted by atomic mass is 14.9. The van der Waals surface area contributed by atoms with Crippen LogP contribution < -0.4 is 5.32 Å². The largest absolute Gasteiger partial charge is 0.314 e. The zero-order valence-corrected chi connectivity index (χ0v) is 11.7. The molecule has 0 aromatic carbocycles. The summed E-state index contributed by atoms with van der Waals surface area (Å²) >= 11 is 0. The minimum Gasteiger partial charge on any atom is -0.314 e. The topological polar surface area (TPSA) is 12.0 Å². The number of rotatable bonds is 3. The quantitative estimate of drug-likeness (QED) is 0.713. The van der Waals surface area contributed by atoms with E-state index in [9.17, 15) is 0 Å². The lowest BCUT2D eigenvalue weighted by molar-refractivity contribution is 0.389. The van der Waals surface area contributed by atoms with Gasteiger partial charge in [0.15, 0.2) is 0 Å². The van der Waals surface area contributed by atoms with Gasteiger partial charge in [0.25, 0.3) is 0 Å². The molecule has 1 heterocycles. The highest BCUT2D eigenvalue weighted by Gasteiger charge is 2.21. The number of nitrogens with one attached hydrogen (secondary N) is 1. The van der Waals surface area contributed by atoms with E-state index in [4.69, 9.17) is 0 Å². The Hall–Kier alpha value is -0.300. The third-order valence-electron chi connectivity index (χ3n) is 4.75. The first kappa shape index (κ1) is 13.1. The van der Waals surface area contributed by atoms with Gasteiger partial charge in [-0.05, 0) is 64.3 Å². The minimum absolute atomic E-state index is 0.774. The summed E-state index contributed by atoms with van der Waals surface area (Å²) in [5.41, 5.74) is 3.54. The van der Waals surface area contributed by atoms with Crippen LogP contribution in [-0.2, 0) is 0 Å². The van der Waals surface area contributed by atoms with Gasteiger partial charge in [0.05, 0.1) is 0 Å². The summed E-state index contributed by atoms with van der Waals surface area (Å²) in [6, 6.07) is 0.774. The molecule has 1 aliphatic heterocycles. The maximum absolute atomic E-state index is 3.69. The molecule has 1 nitrogen and oxygen atoms in total. The molecule has 2 aliphatic rings. The SMILES string of the molecule is CCC1CCCCC1=C(C)CC1CCCCN1. The van der Waals surface area contributed by atoms with Crippen LogP contribution in [0.25, 0.3) is 0 Å². The fourth-order valence-electron chi connectivity index (χ4n) is 3.70. The summed E-state index contributed by atoms with van der Waals surface area (Å²) in [6.45, 7) is 6.01. The second-order valence-electron chi connectivity index (χ2n) is 6.01. The fourth-order valence-corrected chi connectivity index (χ4v) is 3.70. The Kier molecular flexibility index (Phi) is 5.09. The summed E-state index contributed by atoms with van der Waals surface area (Å²) in [5.74, 6) is 0.910. The van der Waals surface area contributed by atoms with E-state index in [0.717, 1.165) is 12.0 Å². The molecule has 2 atom stereocenters. The smallest absolute Gasteiger partial charge is 0.0104 e. The van der Waals surface area contributed by atoms with E-state index < -0.39 is 0 Å². The van der Waals surface area contributed by atoms with Gasteiger partial charge in [-0.2, -0.15) is 0 Å². The van der Waals surface area contributed by atoms with Crippen molar-refractivity contribution in [1.82, 2.24) is 5.32 Å². The number of piperidine rings is 1. The molecule has 0 bridgehead atoms.